The maximum absolute atomic E-state index is 12.8. The summed E-state index contributed by atoms with van der Waals surface area (Å²) in [6, 6.07) is 0. The molecule has 0 aromatic rings. The number of rotatable bonds is 45. The van der Waals surface area contributed by atoms with E-state index in [9.17, 15) is 9.59 Å². The Balaban J connectivity index is 4.38. The SMILES string of the molecule is CC/C=C\C/C=C\C/C=C\C/C=C\CCCCC(=O)OCC(COCCCCCCCC/C=C\CCCCCC)OC(=O)CCCCCCC/C=C\C/C=C\CCCCC. The second-order valence-electron chi connectivity index (χ2n) is 16.3. The van der Waals surface area contributed by atoms with Crippen LogP contribution in [-0.2, 0) is 23.8 Å². The molecule has 0 aliphatic rings. The van der Waals surface area contributed by atoms with Gasteiger partial charge < -0.3 is 14.2 Å². The van der Waals surface area contributed by atoms with E-state index < -0.39 is 6.10 Å². The number of ether oxygens (including phenoxy) is 3. The van der Waals surface area contributed by atoms with Crippen molar-refractivity contribution in [2.24, 2.45) is 0 Å². The predicted octanol–water partition coefficient (Wildman–Crippen LogP) is 16.9. The number of hydrogen-bond donors (Lipinski definition) is 0. The van der Waals surface area contributed by atoms with Gasteiger partial charge in [-0.05, 0) is 116 Å². The smallest absolute Gasteiger partial charge is 0.306 e. The van der Waals surface area contributed by atoms with Gasteiger partial charge >= 0.3 is 11.9 Å². The predicted molar refractivity (Wildman–Crippen MR) is 260 cm³/mol. The zero-order valence-electron chi connectivity index (χ0n) is 39.5. The van der Waals surface area contributed by atoms with Crippen LogP contribution in [0.25, 0.3) is 0 Å². The fourth-order valence-electron chi connectivity index (χ4n) is 6.64. The Morgan fingerprint density at radius 3 is 1.28 bits per heavy atom. The number of esters is 2. The Bertz CT molecular complexity index is 1130. The molecule has 0 N–H and O–H groups in total. The molecule has 0 saturated carbocycles. The summed E-state index contributed by atoms with van der Waals surface area (Å²) in [5, 5.41) is 0. The monoisotopic (exact) mass is 835 g/mol. The number of carbonyl (C=O) groups is 2. The van der Waals surface area contributed by atoms with Gasteiger partial charge in [-0.25, -0.2) is 0 Å². The minimum atomic E-state index is -0.566. The van der Waals surface area contributed by atoms with Crippen molar-refractivity contribution in [2.75, 3.05) is 19.8 Å². The van der Waals surface area contributed by atoms with Crippen LogP contribution in [0.5, 0.6) is 0 Å². The fraction of sp³-hybridized carbons (Fsp3) is 0.709. The van der Waals surface area contributed by atoms with Crippen LogP contribution in [-0.4, -0.2) is 37.9 Å². The van der Waals surface area contributed by atoms with Crippen molar-refractivity contribution in [3.63, 3.8) is 0 Å². The van der Waals surface area contributed by atoms with Gasteiger partial charge in [0.05, 0.1) is 6.61 Å². The summed E-state index contributed by atoms with van der Waals surface area (Å²) in [7, 11) is 0. The molecule has 0 fully saturated rings. The molecule has 0 amide bonds. The van der Waals surface area contributed by atoms with Crippen molar-refractivity contribution >= 4 is 11.9 Å². The van der Waals surface area contributed by atoms with E-state index in [4.69, 9.17) is 14.2 Å². The first-order chi connectivity index (χ1) is 29.6. The lowest BCUT2D eigenvalue weighted by Gasteiger charge is -2.18. The summed E-state index contributed by atoms with van der Waals surface area (Å²) in [6.07, 6.45) is 65.8. The van der Waals surface area contributed by atoms with E-state index in [-0.39, 0.29) is 25.2 Å². The molecule has 344 valence electrons. The lowest BCUT2D eigenvalue weighted by Crippen LogP contribution is -2.30. The third-order valence-electron chi connectivity index (χ3n) is 10.4. The number of allylic oxidation sites excluding steroid dienone is 14. The maximum atomic E-state index is 12.8. The molecule has 0 aliphatic heterocycles. The van der Waals surface area contributed by atoms with Gasteiger partial charge in [0.2, 0.25) is 0 Å². The third-order valence-corrected chi connectivity index (χ3v) is 10.4. The lowest BCUT2D eigenvalue weighted by atomic mass is 10.1. The second kappa shape index (κ2) is 50.4. The Labute approximate surface area is 371 Å². The van der Waals surface area contributed by atoms with Gasteiger partial charge in [-0.15, -0.1) is 0 Å². The van der Waals surface area contributed by atoms with E-state index >= 15 is 0 Å². The Morgan fingerprint density at radius 1 is 0.383 bits per heavy atom. The van der Waals surface area contributed by atoms with Crippen LogP contribution in [0, 0.1) is 0 Å². The van der Waals surface area contributed by atoms with Crippen molar-refractivity contribution in [3.05, 3.63) is 85.1 Å². The molecular weight excluding hydrogens is 741 g/mol. The van der Waals surface area contributed by atoms with Gasteiger partial charge in [-0.3, -0.25) is 9.59 Å². The standard InChI is InChI=1S/C55H94O5/c1-4-7-10-13-16-19-22-25-28-30-33-36-39-42-45-48-54(56)59-52-53(51-58-50-47-44-41-38-35-32-27-24-21-18-15-12-9-6-3)60-55(57)49-46-43-40-37-34-31-29-26-23-20-17-14-11-8-5-2/h7,10,16-17,19-21,24-26,28-29,33,36,53H,4-6,8-9,11-15,18,22-23,27,30-32,34-35,37-52H2,1-3H3/b10-7-,19-16-,20-17-,24-21-,28-25-,29-26-,36-33-. The molecule has 0 saturated heterocycles. The molecule has 5 heteroatoms. The third kappa shape index (κ3) is 47.8. The summed E-state index contributed by atoms with van der Waals surface area (Å²) in [5.74, 6) is -0.466. The summed E-state index contributed by atoms with van der Waals surface area (Å²) in [6.45, 7) is 7.60. The molecule has 1 atom stereocenters. The lowest BCUT2D eigenvalue weighted by molar-refractivity contribution is -0.163. The van der Waals surface area contributed by atoms with Gasteiger partial charge in [0.1, 0.15) is 6.61 Å². The Kier molecular flexibility index (Phi) is 48.0. The van der Waals surface area contributed by atoms with Crippen molar-refractivity contribution in [3.8, 4) is 0 Å². The van der Waals surface area contributed by atoms with E-state index in [1.54, 1.807) is 0 Å². The quantitative estimate of drug-likeness (QED) is 0.0347. The fourth-order valence-corrected chi connectivity index (χ4v) is 6.64. The normalized spacial score (nSPS) is 12.9. The molecular formula is C55H94O5. The van der Waals surface area contributed by atoms with Crippen LogP contribution in [0.1, 0.15) is 226 Å². The van der Waals surface area contributed by atoms with E-state index in [1.807, 2.05) is 0 Å². The van der Waals surface area contributed by atoms with Crippen LogP contribution < -0.4 is 0 Å². The largest absolute Gasteiger partial charge is 0.462 e. The molecule has 0 aromatic heterocycles. The number of carbonyl (C=O) groups excluding carboxylic acids is 2. The molecule has 0 bridgehead atoms. The van der Waals surface area contributed by atoms with Crippen LogP contribution in [0.4, 0.5) is 0 Å². The summed E-state index contributed by atoms with van der Waals surface area (Å²) in [4.78, 5) is 25.3. The first-order valence-corrected chi connectivity index (χ1v) is 25.1. The van der Waals surface area contributed by atoms with Gasteiger partial charge in [0.15, 0.2) is 6.10 Å². The first kappa shape index (κ1) is 57.1. The van der Waals surface area contributed by atoms with Crippen LogP contribution >= 0.6 is 0 Å². The molecule has 1 unspecified atom stereocenters. The van der Waals surface area contributed by atoms with Gasteiger partial charge in [-0.1, -0.05) is 183 Å². The molecule has 60 heavy (non-hydrogen) atoms. The van der Waals surface area contributed by atoms with Crippen LogP contribution in [0.3, 0.4) is 0 Å². The highest BCUT2D eigenvalue weighted by molar-refractivity contribution is 5.70. The summed E-state index contributed by atoms with van der Waals surface area (Å²) >= 11 is 0. The van der Waals surface area contributed by atoms with Crippen molar-refractivity contribution in [1.82, 2.24) is 0 Å². The molecule has 5 nitrogen and oxygen atoms in total. The summed E-state index contributed by atoms with van der Waals surface area (Å²) in [5.41, 5.74) is 0. The van der Waals surface area contributed by atoms with Crippen molar-refractivity contribution in [1.29, 1.82) is 0 Å². The van der Waals surface area contributed by atoms with Gasteiger partial charge in [-0.2, -0.15) is 0 Å². The van der Waals surface area contributed by atoms with E-state index in [0.717, 1.165) is 89.9 Å². The first-order valence-electron chi connectivity index (χ1n) is 25.1. The van der Waals surface area contributed by atoms with Gasteiger partial charge in [0, 0.05) is 19.4 Å². The van der Waals surface area contributed by atoms with Crippen molar-refractivity contribution in [2.45, 2.75) is 232 Å². The van der Waals surface area contributed by atoms with Crippen LogP contribution in [0.15, 0.2) is 85.1 Å². The topological polar surface area (TPSA) is 61.8 Å². The van der Waals surface area contributed by atoms with Crippen LogP contribution in [0.2, 0.25) is 0 Å². The number of hydrogen-bond acceptors (Lipinski definition) is 5. The highest BCUT2D eigenvalue weighted by Crippen LogP contribution is 2.12. The molecule has 0 aliphatic carbocycles. The van der Waals surface area contributed by atoms with E-state index in [1.165, 1.54) is 103 Å². The average molecular weight is 835 g/mol. The summed E-state index contributed by atoms with van der Waals surface area (Å²) < 4.78 is 17.3. The Morgan fingerprint density at radius 2 is 0.750 bits per heavy atom. The number of unbranched alkanes of at least 4 members (excludes halogenated alkanes) is 20. The molecule has 0 aromatic carbocycles. The average Bonchev–Trinajstić information content (AvgIpc) is 3.25. The van der Waals surface area contributed by atoms with E-state index in [0.29, 0.717) is 19.4 Å². The Hall–Kier alpha value is -2.92. The molecule has 0 heterocycles. The highest BCUT2D eigenvalue weighted by Gasteiger charge is 2.17. The van der Waals surface area contributed by atoms with Crippen molar-refractivity contribution < 1.29 is 23.8 Å². The van der Waals surface area contributed by atoms with Gasteiger partial charge in [0.25, 0.3) is 0 Å². The minimum Gasteiger partial charge on any atom is -0.462 e. The zero-order valence-corrected chi connectivity index (χ0v) is 39.5. The second-order valence-corrected chi connectivity index (χ2v) is 16.3. The maximum Gasteiger partial charge on any atom is 0.306 e. The van der Waals surface area contributed by atoms with E-state index in [2.05, 4.69) is 106 Å². The highest BCUT2D eigenvalue weighted by atomic mass is 16.6. The zero-order chi connectivity index (χ0) is 43.5. The molecule has 0 radical (unpaired) electrons. The molecule has 0 spiro atoms. The minimum absolute atomic E-state index is 0.0524. The molecule has 0 rings (SSSR count).